The fraction of sp³-hybridized carbons (Fsp3) is 0.153. The van der Waals surface area contributed by atoms with Crippen molar-refractivity contribution < 1.29 is 8.83 Å². The molecule has 0 saturated carbocycles. The van der Waals surface area contributed by atoms with E-state index in [0.717, 1.165) is 78.5 Å². The molecule has 0 fully saturated rings. The number of nitrogens with zero attached hydrogens (tertiary/aromatic N) is 4. The molecule has 0 aliphatic heterocycles. The lowest BCUT2D eigenvalue weighted by atomic mass is 9.67. The average molecular weight is 847 g/mol. The summed E-state index contributed by atoms with van der Waals surface area (Å²) in [5, 5.41) is 0. The summed E-state index contributed by atoms with van der Waals surface area (Å²) in [5.74, 6) is 1.31. The molecule has 0 spiro atoms. The van der Waals surface area contributed by atoms with Gasteiger partial charge in [-0.1, -0.05) is 175 Å². The van der Waals surface area contributed by atoms with Gasteiger partial charge in [-0.25, -0.2) is 9.97 Å². The van der Waals surface area contributed by atoms with Gasteiger partial charge >= 0.3 is 0 Å². The summed E-state index contributed by atoms with van der Waals surface area (Å²) in [4.78, 5) is 15.6. The topological polar surface area (TPSA) is 58.5 Å². The second-order valence-corrected chi connectivity index (χ2v) is 19.0. The van der Waals surface area contributed by atoms with Crippen LogP contribution in [0.4, 0.5) is 34.1 Å². The highest BCUT2D eigenvalue weighted by molar-refractivity contribution is 6.14. The Morgan fingerprint density at radius 2 is 0.662 bits per heavy atom. The van der Waals surface area contributed by atoms with Crippen molar-refractivity contribution in [1.82, 2.24) is 9.97 Å². The van der Waals surface area contributed by atoms with Crippen LogP contribution in [0.2, 0.25) is 0 Å². The normalized spacial score (nSPS) is 13.2. The van der Waals surface area contributed by atoms with Gasteiger partial charge in [-0.05, 0) is 82.9 Å². The van der Waals surface area contributed by atoms with Crippen LogP contribution in [0, 0.1) is 0 Å². The minimum atomic E-state index is -0.874. The largest absolute Gasteiger partial charge is 0.439 e. The van der Waals surface area contributed by atoms with Gasteiger partial charge < -0.3 is 18.6 Å². The molecule has 0 bridgehead atoms. The number of hydrogen-bond donors (Lipinski definition) is 0. The van der Waals surface area contributed by atoms with Crippen LogP contribution in [-0.4, -0.2) is 9.97 Å². The predicted octanol–water partition coefficient (Wildman–Crippen LogP) is 15.9. The summed E-state index contributed by atoms with van der Waals surface area (Å²) in [5.41, 5.74) is 13.4. The van der Waals surface area contributed by atoms with Crippen LogP contribution >= 0.6 is 0 Å². The van der Waals surface area contributed by atoms with Crippen molar-refractivity contribution in [2.75, 3.05) is 9.80 Å². The van der Waals surface area contributed by atoms with Crippen molar-refractivity contribution in [2.45, 2.75) is 57.8 Å². The van der Waals surface area contributed by atoms with Crippen LogP contribution in [0.25, 0.3) is 33.3 Å². The van der Waals surface area contributed by atoms with Crippen molar-refractivity contribution in [2.24, 2.45) is 0 Å². The number of anilines is 6. The predicted molar refractivity (Wildman–Crippen MR) is 266 cm³/mol. The Morgan fingerprint density at radius 1 is 0.385 bits per heavy atom. The SMILES string of the molecule is CC(C)(C)c1nc2c(N(c3ccccc3)c3ccccc3)cc3c(c2o1)-c1c(cc(N(c2ccccc2)c2ccccc2)c2nc(C(C)(C)C)oc12)C3(c1ccccc1)c1ccccc1. The zero-order valence-corrected chi connectivity index (χ0v) is 37.6. The van der Waals surface area contributed by atoms with Gasteiger partial charge in [0.25, 0.3) is 0 Å². The van der Waals surface area contributed by atoms with Gasteiger partial charge in [-0.3, -0.25) is 0 Å². The average Bonchev–Trinajstić information content (AvgIpc) is 4.06. The minimum absolute atomic E-state index is 0.401. The molecule has 0 saturated heterocycles. The lowest BCUT2D eigenvalue weighted by Crippen LogP contribution is -2.29. The number of benzene rings is 8. The Labute approximate surface area is 380 Å². The van der Waals surface area contributed by atoms with Crippen LogP contribution < -0.4 is 9.80 Å². The molecular formula is C59H50N4O2. The van der Waals surface area contributed by atoms with E-state index < -0.39 is 16.2 Å². The van der Waals surface area contributed by atoms with Gasteiger partial charge in [0, 0.05) is 44.7 Å². The summed E-state index contributed by atoms with van der Waals surface area (Å²) in [6.07, 6.45) is 0. The molecule has 0 N–H and O–H groups in total. The molecule has 2 heterocycles. The smallest absolute Gasteiger partial charge is 0.200 e. The molecule has 0 radical (unpaired) electrons. The summed E-state index contributed by atoms with van der Waals surface area (Å²) in [6, 6.07) is 68.9. The van der Waals surface area contributed by atoms with E-state index in [2.05, 4.69) is 245 Å². The summed E-state index contributed by atoms with van der Waals surface area (Å²) >= 11 is 0. The van der Waals surface area contributed by atoms with Gasteiger partial charge in [-0.15, -0.1) is 0 Å². The molecular weight excluding hydrogens is 797 g/mol. The van der Waals surface area contributed by atoms with Gasteiger partial charge in [0.1, 0.15) is 11.0 Å². The van der Waals surface area contributed by atoms with E-state index in [1.165, 1.54) is 0 Å². The number of oxazole rings is 2. The summed E-state index contributed by atoms with van der Waals surface area (Å²) < 4.78 is 14.6. The van der Waals surface area contributed by atoms with Crippen LogP contribution in [0.5, 0.6) is 0 Å². The third kappa shape index (κ3) is 6.46. The van der Waals surface area contributed by atoms with Gasteiger partial charge in [0.15, 0.2) is 11.2 Å². The molecule has 65 heavy (non-hydrogen) atoms. The van der Waals surface area contributed by atoms with Crippen molar-refractivity contribution >= 4 is 56.3 Å². The molecule has 6 heteroatoms. The van der Waals surface area contributed by atoms with Crippen LogP contribution in [0.15, 0.2) is 203 Å². The van der Waals surface area contributed by atoms with E-state index in [4.69, 9.17) is 18.8 Å². The second-order valence-electron chi connectivity index (χ2n) is 19.0. The minimum Gasteiger partial charge on any atom is -0.439 e. The molecule has 0 atom stereocenters. The summed E-state index contributed by atoms with van der Waals surface area (Å²) in [7, 11) is 0. The molecule has 11 rings (SSSR count). The Balaban J connectivity index is 1.37. The molecule has 0 amide bonds. The Bertz CT molecular complexity index is 3010. The quantitative estimate of drug-likeness (QED) is 0.152. The highest BCUT2D eigenvalue weighted by Gasteiger charge is 2.51. The van der Waals surface area contributed by atoms with E-state index in [1.807, 2.05) is 0 Å². The van der Waals surface area contributed by atoms with E-state index >= 15 is 0 Å². The van der Waals surface area contributed by atoms with E-state index in [0.29, 0.717) is 22.9 Å². The molecule has 318 valence electrons. The summed E-state index contributed by atoms with van der Waals surface area (Å²) in [6.45, 7) is 13.0. The maximum absolute atomic E-state index is 7.29. The third-order valence-electron chi connectivity index (χ3n) is 12.6. The fourth-order valence-electron chi connectivity index (χ4n) is 9.67. The van der Waals surface area contributed by atoms with Crippen molar-refractivity contribution in [1.29, 1.82) is 0 Å². The highest BCUT2D eigenvalue weighted by Crippen LogP contribution is 2.63. The first-order valence-corrected chi connectivity index (χ1v) is 22.4. The Kier molecular flexibility index (Phi) is 9.40. The molecule has 8 aromatic carbocycles. The highest BCUT2D eigenvalue weighted by atomic mass is 16.4. The molecule has 1 aliphatic rings. The zero-order chi connectivity index (χ0) is 44.5. The zero-order valence-electron chi connectivity index (χ0n) is 37.6. The van der Waals surface area contributed by atoms with Crippen molar-refractivity contribution in [3.8, 4) is 11.1 Å². The van der Waals surface area contributed by atoms with Gasteiger partial charge in [0.05, 0.1) is 16.8 Å². The Hall–Kier alpha value is -7.70. The number of aromatic nitrogens is 2. The number of fused-ring (bicyclic) bond motifs is 7. The molecule has 0 unspecified atom stereocenters. The first kappa shape index (κ1) is 40.1. The maximum atomic E-state index is 7.29. The van der Waals surface area contributed by atoms with E-state index in [-0.39, 0.29) is 0 Å². The van der Waals surface area contributed by atoms with Crippen LogP contribution in [-0.2, 0) is 16.2 Å². The maximum Gasteiger partial charge on any atom is 0.200 e. The third-order valence-corrected chi connectivity index (χ3v) is 12.6. The van der Waals surface area contributed by atoms with E-state index in [9.17, 15) is 0 Å². The number of para-hydroxylation sites is 4. The van der Waals surface area contributed by atoms with E-state index in [1.54, 1.807) is 0 Å². The molecule has 6 nitrogen and oxygen atoms in total. The Morgan fingerprint density at radius 3 is 0.938 bits per heavy atom. The second kappa shape index (κ2) is 15.2. The lowest BCUT2D eigenvalue weighted by molar-refractivity contribution is 0.410. The van der Waals surface area contributed by atoms with Crippen LogP contribution in [0.3, 0.4) is 0 Å². The van der Waals surface area contributed by atoms with Crippen molar-refractivity contribution in [3.63, 3.8) is 0 Å². The first-order valence-electron chi connectivity index (χ1n) is 22.4. The fourth-order valence-corrected chi connectivity index (χ4v) is 9.67. The number of rotatable bonds is 8. The lowest BCUT2D eigenvalue weighted by Gasteiger charge is -2.35. The molecule has 10 aromatic rings. The number of hydrogen-bond acceptors (Lipinski definition) is 6. The first-order chi connectivity index (χ1) is 31.5. The molecule has 1 aliphatic carbocycles. The van der Waals surface area contributed by atoms with Crippen LogP contribution in [0.1, 0.15) is 75.6 Å². The molecule has 2 aromatic heterocycles. The standard InChI is InChI=1S/C59H50N4O2/c1-57(2,3)55-60-51-47(62(41-29-17-9-18-30-41)42-31-19-10-20-32-42)37-45-49(53(51)64-55)50-46(59(45,39-25-13-7-14-26-39)40-27-15-8-16-28-40)38-48(52-54(50)65-56(61-52)58(4,5)6)63(43-33-21-11-22-34-43)44-35-23-12-24-36-44/h7-38H,1-6H3. The van der Waals surface area contributed by atoms with Gasteiger partial charge in [-0.2, -0.15) is 0 Å². The van der Waals surface area contributed by atoms with Gasteiger partial charge in [0.2, 0.25) is 11.8 Å². The van der Waals surface area contributed by atoms with Crippen molar-refractivity contribution in [3.05, 3.63) is 228 Å². The monoisotopic (exact) mass is 846 g/mol.